The third-order valence-electron chi connectivity index (χ3n) is 3.17. The van der Waals surface area contributed by atoms with Gasteiger partial charge in [0, 0.05) is 12.5 Å². The van der Waals surface area contributed by atoms with Gasteiger partial charge in [-0.1, -0.05) is 39.5 Å². The number of rotatable bonds is 8. The van der Waals surface area contributed by atoms with Gasteiger partial charge in [-0.2, -0.15) is 0 Å². The summed E-state index contributed by atoms with van der Waals surface area (Å²) >= 11 is 0. The number of unbranched alkanes of at least 4 members (excludes halogenated alkanes) is 2. The van der Waals surface area contributed by atoms with E-state index in [4.69, 9.17) is 0 Å². The molecule has 4 nitrogen and oxygen atoms in total. The Morgan fingerprint density at radius 2 is 1.06 bits per heavy atom. The molecule has 0 heterocycles. The second-order valence-corrected chi connectivity index (χ2v) is 9.57. The van der Waals surface area contributed by atoms with E-state index in [1.165, 1.54) is 0 Å². The summed E-state index contributed by atoms with van der Waals surface area (Å²) in [6, 6.07) is 0. The maximum atomic E-state index is 11.9. The van der Waals surface area contributed by atoms with Gasteiger partial charge < -0.3 is 0 Å². The van der Waals surface area contributed by atoms with Crippen molar-refractivity contribution in [3.63, 3.8) is 0 Å². The lowest BCUT2D eigenvalue weighted by molar-refractivity contribution is 0.491. The van der Waals surface area contributed by atoms with Crippen molar-refractivity contribution in [3.05, 3.63) is 0 Å². The highest BCUT2D eigenvalue weighted by Crippen LogP contribution is 2.35. The van der Waals surface area contributed by atoms with E-state index in [9.17, 15) is 16.8 Å². The number of hydrogen-bond acceptors (Lipinski definition) is 4. The molecule has 0 aliphatic carbocycles. The predicted molar refractivity (Wildman–Crippen MR) is 71.5 cm³/mol. The fourth-order valence-corrected chi connectivity index (χ4v) is 6.29. The Hall–Kier alpha value is -0.100. The average molecular weight is 284 g/mol. The zero-order valence-electron chi connectivity index (χ0n) is 11.2. The molecule has 0 aromatic heterocycles. The zero-order valence-corrected chi connectivity index (χ0v) is 12.8. The van der Waals surface area contributed by atoms with Crippen LogP contribution in [0.2, 0.25) is 0 Å². The van der Waals surface area contributed by atoms with Crippen LogP contribution in [-0.4, -0.2) is 33.4 Å². The molecule has 0 amide bonds. The van der Waals surface area contributed by atoms with Gasteiger partial charge in [-0.25, -0.2) is 16.8 Å². The topological polar surface area (TPSA) is 68.3 Å². The van der Waals surface area contributed by atoms with Gasteiger partial charge in [-0.15, -0.1) is 0 Å². The van der Waals surface area contributed by atoms with Gasteiger partial charge in [0.05, 0.1) is 0 Å². The first-order valence-corrected chi connectivity index (χ1v) is 9.80. The van der Waals surface area contributed by atoms with Crippen LogP contribution >= 0.6 is 0 Å². The third-order valence-corrected chi connectivity index (χ3v) is 8.51. The Kier molecular flexibility index (Phi) is 6.14. The maximum Gasteiger partial charge on any atom is 0.172 e. The molecule has 17 heavy (non-hydrogen) atoms. The van der Waals surface area contributed by atoms with E-state index in [-0.39, 0.29) is 12.8 Å². The molecule has 0 aliphatic rings. The summed E-state index contributed by atoms with van der Waals surface area (Å²) in [4.78, 5) is 0. The minimum Gasteiger partial charge on any atom is -0.227 e. The Labute approximate surface area is 106 Å². The van der Waals surface area contributed by atoms with Crippen LogP contribution in [0, 0.1) is 0 Å². The number of hydrogen-bond donors (Lipinski definition) is 0. The highest BCUT2D eigenvalue weighted by atomic mass is 32.3. The fourth-order valence-electron chi connectivity index (χ4n) is 2.03. The molecule has 0 atom stereocenters. The van der Waals surface area contributed by atoms with Crippen LogP contribution in [0.4, 0.5) is 0 Å². The summed E-state index contributed by atoms with van der Waals surface area (Å²) in [7, 11) is -7.23. The summed E-state index contributed by atoms with van der Waals surface area (Å²) in [5.74, 6) is 0. The Morgan fingerprint density at radius 1 is 0.765 bits per heavy atom. The van der Waals surface area contributed by atoms with Crippen molar-refractivity contribution in [1.29, 1.82) is 0 Å². The lowest BCUT2D eigenvalue weighted by Gasteiger charge is -2.30. The van der Waals surface area contributed by atoms with Gasteiger partial charge in [0.15, 0.2) is 23.8 Å². The van der Waals surface area contributed by atoms with E-state index in [2.05, 4.69) is 0 Å². The van der Waals surface area contributed by atoms with Gasteiger partial charge in [0.25, 0.3) is 0 Å². The summed E-state index contributed by atoms with van der Waals surface area (Å²) < 4.78 is 46.2. The first kappa shape index (κ1) is 16.9. The highest BCUT2D eigenvalue weighted by Gasteiger charge is 2.48. The Bertz CT molecular complexity index is 378. The Balaban J connectivity index is 5.56. The monoisotopic (exact) mass is 284 g/mol. The smallest absolute Gasteiger partial charge is 0.172 e. The van der Waals surface area contributed by atoms with Crippen molar-refractivity contribution < 1.29 is 16.8 Å². The van der Waals surface area contributed by atoms with Crippen LogP contribution in [0.5, 0.6) is 0 Å². The van der Waals surface area contributed by atoms with Crippen molar-refractivity contribution in [2.45, 2.75) is 56.5 Å². The summed E-state index contributed by atoms with van der Waals surface area (Å²) in [5, 5.41) is 0. The van der Waals surface area contributed by atoms with Crippen LogP contribution in [0.25, 0.3) is 0 Å². The lowest BCUT2D eigenvalue weighted by Crippen LogP contribution is -2.45. The van der Waals surface area contributed by atoms with Crippen LogP contribution in [0.1, 0.15) is 52.4 Å². The van der Waals surface area contributed by atoms with Crippen molar-refractivity contribution in [2.75, 3.05) is 12.5 Å². The van der Waals surface area contributed by atoms with Crippen molar-refractivity contribution in [1.82, 2.24) is 0 Å². The molecule has 0 fully saturated rings. The first-order chi connectivity index (χ1) is 7.62. The first-order valence-electron chi connectivity index (χ1n) is 6.01. The molecular weight excluding hydrogens is 260 g/mol. The van der Waals surface area contributed by atoms with Gasteiger partial charge >= 0.3 is 0 Å². The largest absolute Gasteiger partial charge is 0.227 e. The molecule has 0 saturated heterocycles. The Morgan fingerprint density at radius 3 is 1.24 bits per heavy atom. The molecule has 0 rings (SSSR count). The molecule has 0 radical (unpaired) electrons. The molecule has 0 aromatic carbocycles. The zero-order chi connectivity index (χ0) is 13.7. The second-order valence-electron chi connectivity index (χ2n) is 4.66. The maximum absolute atomic E-state index is 11.9. The molecule has 0 aliphatic heterocycles. The minimum absolute atomic E-state index is 0.209. The quantitative estimate of drug-likeness (QED) is 0.685. The summed E-state index contributed by atoms with van der Waals surface area (Å²) in [6.07, 6.45) is 5.31. The van der Waals surface area contributed by atoms with Gasteiger partial charge in [0.2, 0.25) is 0 Å². The molecule has 6 heteroatoms. The molecule has 104 valence electrons. The summed E-state index contributed by atoms with van der Waals surface area (Å²) in [6.45, 7) is 3.85. The molecule has 0 unspecified atom stereocenters. The van der Waals surface area contributed by atoms with E-state index < -0.39 is 23.8 Å². The van der Waals surface area contributed by atoms with Crippen LogP contribution in [0.15, 0.2) is 0 Å². The van der Waals surface area contributed by atoms with E-state index in [0.717, 1.165) is 25.4 Å². The molecule has 0 N–H and O–H groups in total. The molecular formula is C11H24O4S2. The van der Waals surface area contributed by atoms with Crippen molar-refractivity contribution in [2.24, 2.45) is 0 Å². The van der Waals surface area contributed by atoms with E-state index in [1.807, 2.05) is 13.8 Å². The van der Waals surface area contributed by atoms with Crippen LogP contribution in [-0.2, 0) is 19.7 Å². The predicted octanol–water partition coefficient (Wildman–Crippen LogP) is 2.15. The third kappa shape index (κ3) is 3.95. The van der Waals surface area contributed by atoms with Crippen molar-refractivity contribution >= 4 is 19.7 Å². The van der Waals surface area contributed by atoms with Crippen LogP contribution < -0.4 is 0 Å². The summed E-state index contributed by atoms with van der Waals surface area (Å²) in [5.41, 5.74) is 0. The number of sulfone groups is 2. The molecule has 0 spiro atoms. The van der Waals surface area contributed by atoms with Gasteiger partial charge in [0.1, 0.15) is 0 Å². The van der Waals surface area contributed by atoms with Gasteiger partial charge in [-0.05, 0) is 12.8 Å². The van der Waals surface area contributed by atoms with E-state index in [0.29, 0.717) is 12.8 Å². The standard InChI is InChI=1S/C11H24O4S2/c1-5-7-9-11(10-8-6-2,16(3,12)13)17(4,14)15/h5-10H2,1-4H3. The normalized spacial score (nSPS) is 13.9. The van der Waals surface area contributed by atoms with E-state index >= 15 is 0 Å². The molecule has 0 bridgehead atoms. The van der Waals surface area contributed by atoms with Gasteiger partial charge in [-0.3, -0.25) is 0 Å². The fraction of sp³-hybridized carbons (Fsp3) is 1.00. The second kappa shape index (κ2) is 6.18. The van der Waals surface area contributed by atoms with Crippen molar-refractivity contribution in [3.8, 4) is 0 Å². The highest BCUT2D eigenvalue weighted by molar-refractivity contribution is 8.09. The molecule has 0 saturated carbocycles. The van der Waals surface area contributed by atoms with Crippen LogP contribution in [0.3, 0.4) is 0 Å². The lowest BCUT2D eigenvalue weighted by atomic mass is 10.1. The SMILES string of the molecule is CCCCC(CCCC)(S(C)(=O)=O)S(C)(=O)=O. The minimum atomic E-state index is -3.62. The average Bonchev–Trinajstić information content (AvgIpc) is 2.14. The van der Waals surface area contributed by atoms with E-state index in [1.54, 1.807) is 0 Å². The molecule has 0 aromatic rings.